The molecule has 9 heteroatoms. The maximum absolute atomic E-state index is 13.2. The van der Waals surface area contributed by atoms with Crippen LogP contribution in [0, 0.1) is 13.8 Å². The van der Waals surface area contributed by atoms with Crippen molar-refractivity contribution in [3.63, 3.8) is 0 Å². The van der Waals surface area contributed by atoms with Gasteiger partial charge in [0.15, 0.2) is 0 Å². The highest BCUT2D eigenvalue weighted by Crippen LogP contribution is 2.24. The van der Waals surface area contributed by atoms with E-state index < -0.39 is 0 Å². The van der Waals surface area contributed by atoms with E-state index in [1.807, 2.05) is 24.8 Å². The van der Waals surface area contributed by atoms with Crippen LogP contribution in [0.4, 0.5) is 0 Å². The van der Waals surface area contributed by atoms with E-state index in [1.165, 1.54) is 5.56 Å². The molecule has 0 spiro atoms. The van der Waals surface area contributed by atoms with Crippen molar-refractivity contribution in [2.24, 2.45) is 0 Å². The Morgan fingerprint density at radius 3 is 2.59 bits per heavy atom. The van der Waals surface area contributed by atoms with Gasteiger partial charge in [-0.25, -0.2) is 9.50 Å². The number of carbonyl (C=O) groups is 1. The van der Waals surface area contributed by atoms with Crippen molar-refractivity contribution in [2.45, 2.75) is 33.2 Å². The van der Waals surface area contributed by atoms with Crippen LogP contribution in [0.25, 0.3) is 5.78 Å². The monoisotopic (exact) mass is 436 g/mol. The van der Waals surface area contributed by atoms with Gasteiger partial charge in [-0.15, -0.1) is 29.9 Å². The van der Waals surface area contributed by atoms with Crippen molar-refractivity contribution >= 4 is 36.5 Å². The molecule has 7 nitrogen and oxygen atoms in total. The molecule has 156 valence electrons. The Morgan fingerprint density at radius 1 is 1.17 bits per heavy atom. The first-order valence-electron chi connectivity index (χ1n) is 9.38. The number of rotatable bonds is 3. The molecule has 1 fully saturated rings. The Hall–Kier alpha value is -2.22. The van der Waals surface area contributed by atoms with E-state index in [0.717, 1.165) is 36.5 Å². The first-order chi connectivity index (χ1) is 13.1. The van der Waals surface area contributed by atoms with Crippen molar-refractivity contribution in [3.8, 4) is 0 Å². The summed E-state index contributed by atoms with van der Waals surface area (Å²) in [6, 6.07) is 10.4. The number of aromatic nitrogens is 4. The van der Waals surface area contributed by atoms with Crippen LogP contribution in [0.2, 0.25) is 0 Å². The molecule has 1 atom stereocenters. The average Bonchev–Trinajstić information content (AvgIpc) is 3.12. The molecule has 3 aromatic rings. The molecule has 0 radical (unpaired) electrons. The summed E-state index contributed by atoms with van der Waals surface area (Å²) in [7, 11) is 0. The highest BCUT2D eigenvalue weighted by atomic mass is 35.5. The Labute approximate surface area is 182 Å². The lowest BCUT2D eigenvalue weighted by Gasteiger charge is -2.36. The van der Waals surface area contributed by atoms with Crippen LogP contribution < -0.4 is 5.32 Å². The van der Waals surface area contributed by atoms with Crippen LogP contribution in [0.5, 0.6) is 0 Å². The largest absolute Gasteiger partial charge is 0.326 e. The number of aryl methyl sites for hydroxylation is 3. The molecule has 1 saturated heterocycles. The summed E-state index contributed by atoms with van der Waals surface area (Å²) in [5.41, 5.74) is 4.19. The number of piperazine rings is 1. The van der Waals surface area contributed by atoms with Gasteiger partial charge in [0.2, 0.25) is 5.82 Å². The van der Waals surface area contributed by atoms with Crippen molar-refractivity contribution in [1.82, 2.24) is 29.8 Å². The predicted octanol–water partition coefficient (Wildman–Crippen LogP) is 2.93. The summed E-state index contributed by atoms with van der Waals surface area (Å²) in [6.45, 7) is 8.10. The van der Waals surface area contributed by atoms with E-state index in [9.17, 15) is 4.79 Å². The Kier molecular flexibility index (Phi) is 7.57. The quantitative estimate of drug-likeness (QED) is 0.682. The molecule has 1 unspecified atom stereocenters. The second-order valence-corrected chi connectivity index (χ2v) is 7.00. The zero-order valence-electron chi connectivity index (χ0n) is 16.8. The minimum absolute atomic E-state index is 0. The first-order valence-corrected chi connectivity index (χ1v) is 9.38. The molecule has 3 heterocycles. The number of nitrogens with zero attached hydrogens (tertiary/aromatic N) is 5. The van der Waals surface area contributed by atoms with Crippen LogP contribution in [0.1, 0.15) is 46.1 Å². The molecule has 1 aliphatic rings. The summed E-state index contributed by atoms with van der Waals surface area (Å²) >= 11 is 0. The molecule has 4 rings (SSSR count). The molecule has 1 aliphatic heterocycles. The maximum atomic E-state index is 13.2. The van der Waals surface area contributed by atoms with E-state index >= 15 is 0 Å². The highest BCUT2D eigenvalue weighted by molar-refractivity contribution is 5.91. The van der Waals surface area contributed by atoms with Gasteiger partial charge >= 0.3 is 0 Å². The Morgan fingerprint density at radius 2 is 1.90 bits per heavy atom. The van der Waals surface area contributed by atoms with Crippen LogP contribution in [0.15, 0.2) is 30.3 Å². The summed E-state index contributed by atoms with van der Waals surface area (Å²) in [5.74, 6) is 0.520. The predicted molar refractivity (Wildman–Crippen MR) is 117 cm³/mol. The van der Waals surface area contributed by atoms with Crippen LogP contribution >= 0.6 is 24.8 Å². The number of fused-ring (bicyclic) bond motifs is 1. The molecule has 1 amide bonds. The minimum Gasteiger partial charge on any atom is -0.326 e. The SMILES string of the molecule is CCc1ccc(C2CNCCN2C(=O)c2nc3nc(C)cc(C)n3n2)cc1.Cl.Cl. The molecular weight excluding hydrogens is 411 g/mol. The number of halogens is 2. The first kappa shape index (κ1) is 23.1. The van der Waals surface area contributed by atoms with Crippen molar-refractivity contribution in [3.05, 3.63) is 58.7 Å². The number of carbonyl (C=O) groups excluding carboxylic acids is 1. The van der Waals surface area contributed by atoms with Gasteiger partial charge in [0.25, 0.3) is 11.7 Å². The lowest BCUT2D eigenvalue weighted by Crippen LogP contribution is -2.49. The van der Waals surface area contributed by atoms with E-state index in [-0.39, 0.29) is 42.6 Å². The van der Waals surface area contributed by atoms with Gasteiger partial charge in [0, 0.05) is 31.0 Å². The van der Waals surface area contributed by atoms with Crippen LogP contribution in [-0.2, 0) is 6.42 Å². The topological polar surface area (TPSA) is 75.4 Å². The second kappa shape index (κ2) is 9.52. The third-order valence-electron chi connectivity index (χ3n) is 5.09. The molecule has 0 bridgehead atoms. The minimum atomic E-state index is -0.149. The molecule has 0 aliphatic carbocycles. The van der Waals surface area contributed by atoms with Crippen molar-refractivity contribution in [2.75, 3.05) is 19.6 Å². The zero-order valence-corrected chi connectivity index (χ0v) is 18.4. The normalized spacial score (nSPS) is 16.2. The van der Waals surface area contributed by atoms with Crippen LogP contribution in [-0.4, -0.2) is 50.0 Å². The van der Waals surface area contributed by atoms with E-state index in [0.29, 0.717) is 12.3 Å². The summed E-state index contributed by atoms with van der Waals surface area (Å²) in [6.07, 6.45) is 1.00. The third kappa shape index (κ3) is 4.52. The van der Waals surface area contributed by atoms with Crippen molar-refractivity contribution in [1.29, 1.82) is 0 Å². The summed E-state index contributed by atoms with van der Waals surface area (Å²) < 4.78 is 1.63. The molecule has 1 N–H and O–H groups in total. The number of amides is 1. The van der Waals surface area contributed by atoms with Crippen LogP contribution in [0.3, 0.4) is 0 Å². The molecule has 0 saturated carbocycles. The standard InChI is InChI=1S/C20H24N6O.2ClH/c1-4-15-5-7-16(8-6-15)17-12-21-9-10-25(17)19(27)18-23-20-22-13(2)11-14(3)26(20)24-18;;/h5-8,11,17,21H,4,9-10,12H2,1-3H3;2*1H. The van der Waals surface area contributed by atoms with Gasteiger partial charge in [0.1, 0.15) is 0 Å². The van der Waals surface area contributed by atoms with Gasteiger partial charge in [-0.2, -0.15) is 4.98 Å². The second-order valence-electron chi connectivity index (χ2n) is 7.00. The van der Waals surface area contributed by atoms with E-state index in [2.05, 4.69) is 51.6 Å². The van der Waals surface area contributed by atoms with Gasteiger partial charge in [-0.3, -0.25) is 4.79 Å². The van der Waals surface area contributed by atoms with Gasteiger partial charge in [-0.05, 0) is 37.5 Å². The van der Waals surface area contributed by atoms with E-state index in [4.69, 9.17) is 0 Å². The maximum Gasteiger partial charge on any atom is 0.294 e. The lowest BCUT2D eigenvalue weighted by molar-refractivity contribution is 0.0622. The van der Waals surface area contributed by atoms with E-state index in [1.54, 1.807) is 4.52 Å². The Balaban J connectivity index is 0.00000150. The third-order valence-corrected chi connectivity index (χ3v) is 5.09. The number of hydrogen-bond acceptors (Lipinski definition) is 5. The number of hydrogen-bond donors (Lipinski definition) is 1. The Bertz CT molecular complexity index is 989. The molecule has 1 aromatic carbocycles. The van der Waals surface area contributed by atoms with Gasteiger partial charge < -0.3 is 10.2 Å². The fraction of sp³-hybridized carbons (Fsp3) is 0.400. The summed E-state index contributed by atoms with van der Waals surface area (Å²) in [5, 5.41) is 7.80. The smallest absolute Gasteiger partial charge is 0.294 e. The number of nitrogens with one attached hydrogen (secondary N) is 1. The summed E-state index contributed by atoms with van der Waals surface area (Å²) in [4.78, 5) is 23.9. The lowest BCUT2D eigenvalue weighted by atomic mass is 10.0. The van der Waals surface area contributed by atoms with Gasteiger partial charge in [-0.1, -0.05) is 31.2 Å². The molecule has 29 heavy (non-hydrogen) atoms. The fourth-order valence-corrected chi connectivity index (χ4v) is 3.61. The highest BCUT2D eigenvalue weighted by Gasteiger charge is 2.31. The number of benzene rings is 1. The zero-order chi connectivity index (χ0) is 19.0. The van der Waals surface area contributed by atoms with Crippen molar-refractivity contribution < 1.29 is 4.79 Å². The molecule has 2 aromatic heterocycles. The molecular formula is C20H26Cl2N6O. The average molecular weight is 437 g/mol. The fourth-order valence-electron chi connectivity index (χ4n) is 3.61. The van der Waals surface area contributed by atoms with Gasteiger partial charge in [0.05, 0.1) is 6.04 Å².